The van der Waals surface area contributed by atoms with Gasteiger partial charge in [0, 0.05) is 5.92 Å². The molecule has 4 rings (SSSR count). The van der Waals surface area contributed by atoms with E-state index in [1.54, 1.807) is 0 Å². The summed E-state index contributed by atoms with van der Waals surface area (Å²) in [5, 5.41) is 12.2. The predicted molar refractivity (Wildman–Crippen MR) is 96.4 cm³/mol. The highest BCUT2D eigenvalue weighted by Crippen LogP contribution is 2.44. The van der Waals surface area contributed by atoms with E-state index in [0.717, 1.165) is 6.42 Å². The lowest BCUT2D eigenvalue weighted by Gasteiger charge is -2.18. The molecular weight excluding hydrogens is 314 g/mol. The van der Waals surface area contributed by atoms with E-state index in [9.17, 15) is 9.90 Å². The summed E-state index contributed by atoms with van der Waals surface area (Å²) in [4.78, 5) is 12.2. The molecule has 2 aliphatic rings. The highest BCUT2D eigenvalue weighted by atomic mass is 16.5. The Kier molecular flexibility index (Phi) is 4.45. The normalized spacial score (nSPS) is 16.8. The molecular formula is C21H23NO3. The summed E-state index contributed by atoms with van der Waals surface area (Å²) in [6.07, 6.45) is 2.79. The summed E-state index contributed by atoms with van der Waals surface area (Å²) >= 11 is 0. The molecule has 1 unspecified atom stereocenters. The van der Waals surface area contributed by atoms with Crippen molar-refractivity contribution < 1.29 is 14.6 Å². The number of rotatable bonds is 6. The first-order valence-corrected chi connectivity index (χ1v) is 8.98. The number of alkyl carbamates (subject to hydrolysis) is 1. The smallest absolute Gasteiger partial charge is 0.407 e. The molecule has 0 bridgehead atoms. The quantitative estimate of drug-likeness (QED) is 0.845. The molecule has 0 aliphatic heterocycles. The number of amides is 1. The van der Waals surface area contributed by atoms with Crippen molar-refractivity contribution in [2.45, 2.75) is 31.2 Å². The van der Waals surface area contributed by atoms with Gasteiger partial charge in [0.2, 0.25) is 0 Å². The van der Waals surface area contributed by atoms with Crippen molar-refractivity contribution in [3.8, 4) is 11.1 Å². The van der Waals surface area contributed by atoms with Gasteiger partial charge in [-0.15, -0.1) is 0 Å². The van der Waals surface area contributed by atoms with Crippen molar-refractivity contribution >= 4 is 6.09 Å². The van der Waals surface area contributed by atoms with Crippen LogP contribution in [0.3, 0.4) is 0 Å². The maximum atomic E-state index is 12.2. The molecule has 4 heteroatoms. The maximum absolute atomic E-state index is 12.2. The number of carbonyl (C=O) groups is 1. The monoisotopic (exact) mass is 337 g/mol. The number of carbonyl (C=O) groups excluding carboxylic acids is 1. The number of aliphatic hydroxyl groups excluding tert-OH is 1. The Labute approximate surface area is 147 Å². The van der Waals surface area contributed by atoms with Gasteiger partial charge in [0.1, 0.15) is 6.61 Å². The van der Waals surface area contributed by atoms with Crippen molar-refractivity contribution in [2.75, 3.05) is 13.2 Å². The van der Waals surface area contributed by atoms with Crippen molar-refractivity contribution in [3.63, 3.8) is 0 Å². The number of aliphatic hydroxyl groups is 1. The Morgan fingerprint density at radius 3 is 2.24 bits per heavy atom. The third-order valence-corrected chi connectivity index (χ3v) is 5.20. The number of benzene rings is 2. The minimum atomic E-state index is -0.443. The van der Waals surface area contributed by atoms with Gasteiger partial charge in [-0.1, -0.05) is 61.4 Å². The van der Waals surface area contributed by atoms with E-state index < -0.39 is 6.09 Å². The van der Waals surface area contributed by atoms with E-state index in [1.807, 2.05) is 24.3 Å². The number of hydrogen-bond acceptors (Lipinski definition) is 3. The van der Waals surface area contributed by atoms with Gasteiger partial charge in [0.25, 0.3) is 0 Å². The van der Waals surface area contributed by atoms with Crippen LogP contribution in [0, 0.1) is 5.92 Å². The van der Waals surface area contributed by atoms with Crippen molar-refractivity contribution in [3.05, 3.63) is 59.7 Å². The fourth-order valence-corrected chi connectivity index (χ4v) is 3.74. The van der Waals surface area contributed by atoms with Crippen molar-refractivity contribution in [2.24, 2.45) is 5.92 Å². The van der Waals surface area contributed by atoms with Gasteiger partial charge in [-0.3, -0.25) is 0 Å². The van der Waals surface area contributed by atoms with Gasteiger partial charge in [-0.2, -0.15) is 0 Å². The van der Waals surface area contributed by atoms with Crippen molar-refractivity contribution in [1.82, 2.24) is 5.32 Å². The molecule has 0 heterocycles. The molecule has 0 saturated heterocycles. The van der Waals surface area contributed by atoms with Gasteiger partial charge >= 0.3 is 6.09 Å². The fraction of sp³-hybridized carbons (Fsp3) is 0.381. The Bertz CT molecular complexity index is 724. The average Bonchev–Trinajstić information content (AvgIpc) is 3.40. The zero-order chi connectivity index (χ0) is 17.2. The highest BCUT2D eigenvalue weighted by molar-refractivity contribution is 5.79. The standard InChI is InChI=1S/C21H23NO3/c23-12-15(11-14-9-10-14)22-21(24)25-13-20-18-7-3-1-5-16(18)17-6-2-4-8-19(17)20/h1-8,14-15,20,23H,9-13H2,(H,22,24). The third kappa shape index (κ3) is 3.40. The van der Waals surface area contributed by atoms with Crippen LogP contribution < -0.4 is 5.32 Å². The van der Waals surface area contributed by atoms with Crippen LogP contribution in [0.25, 0.3) is 11.1 Å². The lowest BCUT2D eigenvalue weighted by atomic mass is 9.98. The van der Waals surface area contributed by atoms with Gasteiger partial charge in [-0.05, 0) is 34.6 Å². The maximum Gasteiger partial charge on any atom is 0.407 e. The van der Waals surface area contributed by atoms with Crippen LogP contribution >= 0.6 is 0 Å². The fourth-order valence-electron chi connectivity index (χ4n) is 3.74. The van der Waals surface area contributed by atoms with Crippen LogP contribution in [0.4, 0.5) is 4.79 Å². The highest BCUT2D eigenvalue weighted by Gasteiger charge is 2.30. The average molecular weight is 337 g/mol. The molecule has 0 spiro atoms. The molecule has 130 valence electrons. The summed E-state index contributed by atoms with van der Waals surface area (Å²) in [6, 6.07) is 16.4. The zero-order valence-electron chi connectivity index (χ0n) is 14.2. The van der Waals surface area contributed by atoms with E-state index >= 15 is 0 Å². The number of ether oxygens (including phenoxy) is 1. The zero-order valence-corrected chi connectivity index (χ0v) is 14.2. The second-order valence-electron chi connectivity index (χ2n) is 7.03. The van der Waals surface area contributed by atoms with Gasteiger partial charge in [0.05, 0.1) is 12.6 Å². The van der Waals surface area contributed by atoms with Gasteiger partial charge in [-0.25, -0.2) is 4.79 Å². The van der Waals surface area contributed by atoms with Crippen LogP contribution in [0.15, 0.2) is 48.5 Å². The number of hydrogen-bond donors (Lipinski definition) is 2. The van der Waals surface area contributed by atoms with Crippen LogP contribution in [0.2, 0.25) is 0 Å². The molecule has 2 aliphatic carbocycles. The Hall–Kier alpha value is -2.33. The molecule has 0 radical (unpaired) electrons. The van der Waals surface area contributed by atoms with E-state index in [4.69, 9.17) is 4.74 Å². The summed E-state index contributed by atoms with van der Waals surface area (Å²) < 4.78 is 5.51. The van der Waals surface area contributed by atoms with E-state index in [1.165, 1.54) is 35.1 Å². The molecule has 1 atom stereocenters. The van der Waals surface area contributed by atoms with Crippen LogP contribution in [-0.2, 0) is 4.74 Å². The SMILES string of the molecule is O=C(NC(CO)CC1CC1)OCC1c2ccccc2-c2ccccc21. The first-order valence-electron chi connectivity index (χ1n) is 8.98. The second-order valence-corrected chi connectivity index (χ2v) is 7.03. The lowest BCUT2D eigenvalue weighted by molar-refractivity contribution is 0.130. The Morgan fingerprint density at radius 2 is 1.68 bits per heavy atom. The topological polar surface area (TPSA) is 58.6 Å². The van der Waals surface area contributed by atoms with E-state index in [2.05, 4.69) is 29.6 Å². The number of fused-ring (bicyclic) bond motifs is 3. The summed E-state index contributed by atoms with van der Waals surface area (Å²) in [5.74, 6) is 0.709. The first kappa shape index (κ1) is 16.2. The van der Waals surface area contributed by atoms with Gasteiger partial charge in [0.15, 0.2) is 0 Å². The minimum Gasteiger partial charge on any atom is -0.449 e. The molecule has 2 aromatic carbocycles. The molecule has 2 aromatic rings. The van der Waals surface area contributed by atoms with Crippen LogP contribution in [-0.4, -0.2) is 30.5 Å². The Morgan fingerprint density at radius 1 is 1.08 bits per heavy atom. The largest absolute Gasteiger partial charge is 0.449 e. The molecule has 1 fully saturated rings. The minimum absolute atomic E-state index is 0.0410. The van der Waals surface area contributed by atoms with Gasteiger partial charge < -0.3 is 15.2 Å². The van der Waals surface area contributed by atoms with Crippen LogP contribution in [0.5, 0.6) is 0 Å². The third-order valence-electron chi connectivity index (χ3n) is 5.20. The molecule has 25 heavy (non-hydrogen) atoms. The Balaban J connectivity index is 1.43. The molecule has 4 nitrogen and oxygen atoms in total. The number of nitrogens with one attached hydrogen (secondary N) is 1. The molecule has 1 saturated carbocycles. The predicted octanol–water partition coefficient (Wildman–Crippen LogP) is 3.69. The second kappa shape index (κ2) is 6.89. The molecule has 2 N–H and O–H groups in total. The van der Waals surface area contributed by atoms with Crippen molar-refractivity contribution in [1.29, 1.82) is 0 Å². The summed E-state index contributed by atoms with van der Waals surface area (Å²) in [5.41, 5.74) is 4.84. The summed E-state index contributed by atoms with van der Waals surface area (Å²) in [7, 11) is 0. The molecule has 0 aromatic heterocycles. The lowest BCUT2D eigenvalue weighted by Crippen LogP contribution is -2.38. The summed E-state index contributed by atoms with van der Waals surface area (Å²) in [6.45, 7) is 0.266. The first-order chi connectivity index (χ1) is 12.3. The van der Waals surface area contributed by atoms with E-state index in [-0.39, 0.29) is 18.6 Å². The molecule has 1 amide bonds. The van der Waals surface area contributed by atoms with E-state index in [0.29, 0.717) is 12.5 Å². The van der Waals surface area contributed by atoms with Crippen LogP contribution in [0.1, 0.15) is 36.3 Å².